The number of carbonyl (C=O) groups is 1. The number of halogens is 2. The van der Waals surface area contributed by atoms with Gasteiger partial charge in [-0.3, -0.25) is 9.78 Å². The van der Waals surface area contributed by atoms with E-state index in [9.17, 15) is 4.79 Å². The second kappa shape index (κ2) is 10.4. The summed E-state index contributed by atoms with van der Waals surface area (Å²) in [4.78, 5) is 17.6. The van der Waals surface area contributed by atoms with Crippen molar-refractivity contribution in [3.05, 3.63) is 111 Å². The third kappa shape index (κ3) is 5.65. The van der Waals surface area contributed by atoms with Crippen LogP contribution in [0.3, 0.4) is 0 Å². The molecule has 0 bridgehead atoms. The molecule has 0 amide bonds. The molecule has 5 nitrogen and oxygen atoms in total. The molecule has 34 heavy (non-hydrogen) atoms. The SMILES string of the molecule is Cc1cc(Cc2ccc(NC(=S)Nc3ccc(Cl)cc3)cn2)n(C)c1C(=O)c1ccc(Cl)cc1. The van der Waals surface area contributed by atoms with Gasteiger partial charge in [0, 0.05) is 46.2 Å². The van der Waals surface area contributed by atoms with E-state index in [1.807, 2.05) is 48.9 Å². The Bertz CT molecular complexity index is 1330. The number of hydrogen-bond donors (Lipinski definition) is 2. The number of ketones is 1. The van der Waals surface area contributed by atoms with Gasteiger partial charge in [-0.2, -0.15) is 0 Å². The molecule has 2 heterocycles. The molecule has 0 saturated carbocycles. The molecule has 0 fully saturated rings. The highest BCUT2D eigenvalue weighted by molar-refractivity contribution is 7.80. The van der Waals surface area contributed by atoms with E-state index < -0.39 is 0 Å². The number of rotatable bonds is 6. The van der Waals surface area contributed by atoms with Crippen LogP contribution in [0.15, 0.2) is 72.9 Å². The van der Waals surface area contributed by atoms with Crippen molar-refractivity contribution < 1.29 is 4.79 Å². The zero-order valence-corrected chi connectivity index (χ0v) is 20.9. The molecule has 0 aliphatic rings. The summed E-state index contributed by atoms with van der Waals surface area (Å²) in [7, 11) is 1.91. The lowest BCUT2D eigenvalue weighted by atomic mass is 10.1. The van der Waals surface area contributed by atoms with Gasteiger partial charge in [-0.05, 0) is 91.4 Å². The fraction of sp³-hybridized carbons (Fsp3) is 0.115. The third-order valence-corrected chi connectivity index (χ3v) is 6.10. The predicted octanol–water partition coefficient (Wildman–Crippen LogP) is 6.67. The molecule has 0 radical (unpaired) electrons. The molecule has 0 aliphatic carbocycles. The molecule has 2 N–H and O–H groups in total. The summed E-state index contributed by atoms with van der Waals surface area (Å²) in [6, 6.07) is 20.1. The van der Waals surface area contributed by atoms with E-state index in [0.717, 1.165) is 28.3 Å². The Morgan fingerprint density at radius 2 is 1.53 bits per heavy atom. The Morgan fingerprint density at radius 3 is 2.15 bits per heavy atom. The van der Waals surface area contributed by atoms with Gasteiger partial charge in [0.2, 0.25) is 5.78 Å². The number of pyridine rings is 1. The standard InChI is InChI=1S/C26H22Cl2N4OS/c1-16-13-23(32(2)24(16)25(33)17-3-5-18(27)6-4-17)14-21-11-12-22(15-29-21)31-26(34)30-20-9-7-19(28)8-10-20/h3-13,15H,14H2,1-2H3,(H2,30,31,34). The lowest BCUT2D eigenvalue weighted by Crippen LogP contribution is -2.19. The molecule has 4 rings (SSSR count). The van der Waals surface area contributed by atoms with Crippen LogP contribution in [0.1, 0.15) is 33.0 Å². The van der Waals surface area contributed by atoms with Gasteiger partial charge in [0.25, 0.3) is 0 Å². The normalized spacial score (nSPS) is 10.7. The van der Waals surface area contributed by atoms with Crippen LogP contribution in [0, 0.1) is 6.92 Å². The van der Waals surface area contributed by atoms with Crippen molar-refractivity contribution in [3.63, 3.8) is 0 Å². The zero-order valence-electron chi connectivity index (χ0n) is 18.6. The smallest absolute Gasteiger partial charge is 0.209 e. The maximum atomic E-state index is 13.0. The first kappa shape index (κ1) is 24.0. The quantitative estimate of drug-likeness (QED) is 0.225. The zero-order chi connectivity index (χ0) is 24.2. The molecule has 4 aromatic rings. The molecular weight excluding hydrogens is 487 g/mol. The minimum atomic E-state index is -0.0304. The second-order valence-corrected chi connectivity index (χ2v) is 9.14. The maximum Gasteiger partial charge on any atom is 0.209 e. The van der Waals surface area contributed by atoms with Crippen molar-refractivity contribution in [3.8, 4) is 0 Å². The Morgan fingerprint density at radius 1 is 0.941 bits per heavy atom. The number of anilines is 2. The van der Waals surface area contributed by atoms with Crippen molar-refractivity contribution in [2.75, 3.05) is 10.6 Å². The molecule has 0 unspecified atom stereocenters. The number of nitrogens with one attached hydrogen (secondary N) is 2. The minimum Gasteiger partial charge on any atom is -0.344 e. The molecule has 0 saturated heterocycles. The first-order valence-corrected chi connectivity index (χ1v) is 11.7. The first-order valence-electron chi connectivity index (χ1n) is 10.5. The van der Waals surface area contributed by atoms with E-state index in [0.29, 0.717) is 32.8 Å². The fourth-order valence-electron chi connectivity index (χ4n) is 3.68. The van der Waals surface area contributed by atoms with E-state index in [1.54, 1.807) is 42.6 Å². The van der Waals surface area contributed by atoms with E-state index in [2.05, 4.69) is 15.6 Å². The number of carbonyl (C=O) groups excluding carboxylic acids is 1. The monoisotopic (exact) mass is 508 g/mol. The van der Waals surface area contributed by atoms with Crippen molar-refractivity contribution >= 4 is 57.7 Å². The van der Waals surface area contributed by atoms with Gasteiger partial charge in [-0.1, -0.05) is 23.2 Å². The molecule has 8 heteroatoms. The number of hydrogen-bond acceptors (Lipinski definition) is 3. The van der Waals surface area contributed by atoms with Crippen LogP contribution >= 0.6 is 35.4 Å². The van der Waals surface area contributed by atoms with Crippen LogP contribution in [0.25, 0.3) is 0 Å². The average molecular weight is 509 g/mol. The third-order valence-electron chi connectivity index (χ3n) is 5.39. The predicted molar refractivity (Wildman–Crippen MR) is 143 cm³/mol. The highest BCUT2D eigenvalue weighted by Crippen LogP contribution is 2.22. The summed E-state index contributed by atoms with van der Waals surface area (Å²) in [5, 5.41) is 7.96. The summed E-state index contributed by atoms with van der Waals surface area (Å²) in [6.07, 6.45) is 2.33. The average Bonchev–Trinajstić information content (AvgIpc) is 3.09. The van der Waals surface area contributed by atoms with Crippen LogP contribution in [0.2, 0.25) is 10.0 Å². The molecule has 0 spiro atoms. The van der Waals surface area contributed by atoms with E-state index in [4.69, 9.17) is 35.4 Å². The van der Waals surface area contributed by atoms with Crippen LogP contribution in [0.4, 0.5) is 11.4 Å². The summed E-state index contributed by atoms with van der Waals surface area (Å²) in [6.45, 7) is 1.95. The number of thiocarbonyl (C=S) groups is 1. The van der Waals surface area contributed by atoms with Crippen LogP contribution in [-0.2, 0) is 13.5 Å². The molecule has 0 aliphatic heterocycles. The number of benzene rings is 2. The second-order valence-electron chi connectivity index (χ2n) is 7.86. The Labute approximate surface area is 213 Å². The van der Waals surface area contributed by atoms with Gasteiger partial charge < -0.3 is 15.2 Å². The van der Waals surface area contributed by atoms with Gasteiger partial charge in [-0.15, -0.1) is 0 Å². The van der Waals surface area contributed by atoms with Gasteiger partial charge in [0.1, 0.15) is 0 Å². The topological polar surface area (TPSA) is 59.0 Å². The fourth-order valence-corrected chi connectivity index (χ4v) is 4.17. The van der Waals surface area contributed by atoms with Crippen molar-refractivity contribution in [1.29, 1.82) is 0 Å². The molecule has 172 valence electrons. The Kier molecular flexibility index (Phi) is 7.32. The minimum absolute atomic E-state index is 0.0304. The van der Waals surface area contributed by atoms with Crippen LogP contribution < -0.4 is 10.6 Å². The van der Waals surface area contributed by atoms with Crippen molar-refractivity contribution in [1.82, 2.24) is 9.55 Å². The summed E-state index contributed by atoms with van der Waals surface area (Å²) < 4.78 is 1.94. The lowest BCUT2D eigenvalue weighted by molar-refractivity contribution is 0.103. The number of aryl methyl sites for hydroxylation is 1. The largest absolute Gasteiger partial charge is 0.344 e. The molecule has 2 aromatic carbocycles. The maximum absolute atomic E-state index is 13.0. The summed E-state index contributed by atoms with van der Waals surface area (Å²) >= 11 is 17.2. The lowest BCUT2D eigenvalue weighted by Gasteiger charge is -2.11. The molecule has 2 aromatic heterocycles. The highest BCUT2D eigenvalue weighted by Gasteiger charge is 2.19. The summed E-state index contributed by atoms with van der Waals surface area (Å²) in [5.41, 5.74) is 5.70. The van der Waals surface area contributed by atoms with Crippen LogP contribution in [-0.4, -0.2) is 20.4 Å². The first-order chi connectivity index (χ1) is 16.3. The van der Waals surface area contributed by atoms with E-state index in [-0.39, 0.29) is 5.78 Å². The van der Waals surface area contributed by atoms with Crippen LogP contribution in [0.5, 0.6) is 0 Å². The summed E-state index contributed by atoms with van der Waals surface area (Å²) in [5.74, 6) is -0.0304. The van der Waals surface area contributed by atoms with Gasteiger partial charge in [0.15, 0.2) is 5.11 Å². The van der Waals surface area contributed by atoms with Crippen molar-refractivity contribution in [2.45, 2.75) is 13.3 Å². The number of nitrogens with zero attached hydrogens (tertiary/aromatic N) is 2. The van der Waals surface area contributed by atoms with E-state index >= 15 is 0 Å². The Balaban J connectivity index is 1.42. The van der Waals surface area contributed by atoms with Gasteiger partial charge >= 0.3 is 0 Å². The van der Waals surface area contributed by atoms with E-state index in [1.165, 1.54) is 0 Å². The van der Waals surface area contributed by atoms with Gasteiger partial charge in [0.05, 0.1) is 17.6 Å². The highest BCUT2D eigenvalue weighted by atomic mass is 35.5. The number of aromatic nitrogens is 2. The molecular formula is C26H22Cl2N4OS. The van der Waals surface area contributed by atoms with Crippen molar-refractivity contribution in [2.24, 2.45) is 7.05 Å². The molecule has 0 atom stereocenters. The Hall–Kier alpha value is -3.19. The van der Waals surface area contributed by atoms with Gasteiger partial charge in [-0.25, -0.2) is 0 Å².